The maximum Gasteiger partial charge on any atom is 0.328 e. The Morgan fingerprint density at radius 1 is 1.40 bits per heavy atom. The maximum absolute atomic E-state index is 11.0. The van der Waals surface area contributed by atoms with Crippen LogP contribution in [0.4, 0.5) is 4.79 Å². The molecule has 0 bridgehead atoms. The molecular weight excluding hydrogens is 256 g/mol. The SMILES string of the molecule is COS(=O)NC(=O)NCCSCCSC. The number of nitrogens with one attached hydrogen (secondary N) is 2. The summed E-state index contributed by atoms with van der Waals surface area (Å²) in [7, 11) is 1.26. The number of amides is 2. The Bertz CT molecular complexity index is 204. The van der Waals surface area contributed by atoms with Gasteiger partial charge in [0.05, 0.1) is 7.11 Å². The summed E-state index contributed by atoms with van der Waals surface area (Å²) in [6.07, 6.45) is 2.06. The van der Waals surface area contributed by atoms with E-state index < -0.39 is 17.3 Å². The molecule has 0 radical (unpaired) electrons. The number of thioether (sulfide) groups is 2. The zero-order valence-corrected chi connectivity index (χ0v) is 11.2. The molecule has 2 amide bonds. The molecule has 15 heavy (non-hydrogen) atoms. The molecule has 0 spiro atoms. The lowest BCUT2D eigenvalue weighted by Gasteiger charge is -2.05. The van der Waals surface area contributed by atoms with Gasteiger partial charge in [0.2, 0.25) is 0 Å². The summed E-state index contributed by atoms with van der Waals surface area (Å²) in [4.78, 5) is 11.0. The van der Waals surface area contributed by atoms with Crippen LogP contribution in [0.1, 0.15) is 0 Å². The molecule has 8 heteroatoms. The van der Waals surface area contributed by atoms with Gasteiger partial charge in [0.1, 0.15) is 0 Å². The van der Waals surface area contributed by atoms with Crippen LogP contribution in [-0.4, -0.2) is 47.4 Å². The maximum atomic E-state index is 11.0. The van der Waals surface area contributed by atoms with Gasteiger partial charge in [-0.15, -0.1) is 0 Å². The van der Waals surface area contributed by atoms with Crippen LogP contribution < -0.4 is 10.0 Å². The first-order chi connectivity index (χ1) is 7.20. The van der Waals surface area contributed by atoms with E-state index in [1.807, 2.05) is 0 Å². The molecule has 0 aromatic heterocycles. The van der Waals surface area contributed by atoms with Crippen molar-refractivity contribution in [2.24, 2.45) is 0 Å². The zero-order chi connectivity index (χ0) is 11.5. The Kier molecular flexibility index (Phi) is 10.6. The van der Waals surface area contributed by atoms with Crippen molar-refractivity contribution in [1.82, 2.24) is 10.0 Å². The molecular formula is C7H16N2O3S3. The molecule has 0 aromatic rings. The highest BCUT2D eigenvalue weighted by Gasteiger charge is 2.03. The van der Waals surface area contributed by atoms with Gasteiger partial charge in [0.15, 0.2) is 0 Å². The van der Waals surface area contributed by atoms with Gasteiger partial charge in [0.25, 0.3) is 11.3 Å². The predicted octanol–water partition coefficient (Wildman–Crippen LogP) is 0.607. The Morgan fingerprint density at radius 2 is 2.13 bits per heavy atom. The first-order valence-corrected chi connectivity index (χ1v) is 7.90. The van der Waals surface area contributed by atoms with E-state index in [1.54, 1.807) is 23.5 Å². The van der Waals surface area contributed by atoms with E-state index in [0.29, 0.717) is 6.54 Å². The quantitative estimate of drug-likeness (QED) is 0.634. The number of hydrogen-bond acceptors (Lipinski definition) is 5. The van der Waals surface area contributed by atoms with Gasteiger partial charge >= 0.3 is 6.03 Å². The van der Waals surface area contributed by atoms with Crippen LogP contribution >= 0.6 is 23.5 Å². The molecule has 0 rings (SSSR count). The van der Waals surface area contributed by atoms with E-state index in [-0.39, 0.29) is 0 Å². The minimum Gasteiger partial charge on any atom is -0.337 e. The number of hydrogen-bond donors (Lipinski definition) is 2. The van der Waals surface area contributed by atoms with Crippen molar-refractivity contribution in [2.45, 2.75) is 0 Å². The van der Waals surface area contributed by atoms with Crippen LogP contribution in [-0.2, 0) is 15.4 Å². The minimum atomic E-state index is -1.74. The lowest BCUT2D eigenvalue weighted by atomic mass is 10.7. The summed E-state index contributed by atoms with van der Waals surface area (Å²) < 4.78 is 17.2. The Hall–Kier alpha value is 0.0800. The minimum absolute atomic E-state index is 0.472. The van der Waals surface area contributed by atoms with Crippen LogP contribution in [0.3, 0.4) is 0 Å². The Labute approximate surface area is 101 Å². The average molecular weight is 272 g/mol. The summed E-state index contributed by atoms with van der Waals surface area (Å²) in [5, 5.41) is 2.57. The molecule has 0 saturated heterocycles. The third-order valence-electron chi connectivity index (χ3n) is 1.29. The lowest BCUT2D eigenvalue weighted by Crippen LogP contribution is -2.38. The highest BCUT2D eigenvalue weighted by Crippen LogP contribution is 2.02. The van der Waals surface area contributed by atoms with Gasteiger partial charge in [0, 0.05) is 23.8 Å². The van der Waals surface area contributed by atoms with Crippen LogP contribution in [0.25, 0.3) is 0 Å². The molecule has 90 valence electrons. The van der Waals surface area contributed by atoms with Crippen molar-refractivity contribution >= 4 is 40.8 Å². The number of carbonyl (C=O) groups excluding carboxylic acids is 1. The van der Waals surface area contributed by atoms with Crippen molar-refractivity contribution < 1.29 is 13.2 Å². The summed E-state index contributed by atoms with van der Waals surface area (Å²) in [5.41, 5.74) is 0. The van der Waals surface area contributed by atoms with Gasteiger partial charge in [-0.05, 0) is 6.26 Å². The van der Waals surface area contributed by atoms with Gasteiger partial charge in [-0.3, -0.25) is 4.18 Å². The van der Waals surface area contributed by atoms with Crippen molar-refractivity contribution in [3.63, 3.8) is 0 Å². The molecule has 0 aliphatic heterocycles. The topological polar surface area (TPSA) is 67.4 Å². The second-order valence-electron chi connectivity index (χ2n) is 2.36. The normalized spacial score (nSPS) is 12.1. The summed E-state index contributed by atoms with van der Waals surface area (Å²) in [5.74, 6) is 3.05. The summed E-state index contributed by atoms with van der Waals surface area (Å²) in [6.45, 7) is 0.561. The monoisotopic (exact) mass is 272 g/mol. The lowest BCUT2D eigenvalue weighted by molar-refractivity contribution is 0.246. The first-order valence-electron chi connectivity index (χ1n) is 4.28. The van der Waals surface area contributed by atoms with Gasteiger partial charge in [-0.1, -0.05) is 0 Å². The van der Waals surface area contributed by atoms with E-state index in [1.165, 1.54) is 7.11 Å². The van der Waals surface area contributed by atoms with E-state index in [9.17, 15) is 9.00 Å². The second kappa shape index (κ2) is 10.6. The fourth-order valence-electron chi connectivity index (χ4n) is 0.634. The van der Waals surface area contributed by atoms with E-state index >= 15 is 0 Å². The highest BCUT2D eigenvalue weighted by atomic mass is 32.2. The Balaban J connectivity index is 3.28. The third kappa shape index (κ3) is 10.4. The standard InChI is InChI=1S/C7H16N2O3S3/c1-12-15(11)9-7(10)8-3-4-14-6-5-13-2/h3-6H2,1-2H3,(H2,8,9,10). The van der Waals surface area contributed by atoms with Crippen LogP contribution in [0.5, 0.6) is 0 Å². The van der Waals surface area contributed by atoms with Crippen LogP contribution in [0.15, 0.2) is 0 Å². The average Bonchev–Trinajstić information content (AvgIpc) is 2.23. The number of urea groups is 1. The molecule has 0 fully saturated rings. The third-order valence-corrected chi connectivity index (χ3v) is 3.80. The van der Waals surface area contributed by atoms with Crippen molar-refractivity contribution in [3.8, 4) is 0 Å². The number of carbonyl (C=O) groups is 1. The smallest absolute Gasteiger partial charge is 0.328 e. The predicted molar refractivity (Wildman–Crippen MR) is 67.4 cm³/mol. The summed E-state index contributed by atoms with van der Waals surface area (Å²) >= 11 is 1.83. The molecule has 0 aliphatic carbocycles. The van der Waals surface area contributed by atoms with Gasteiger partial charge in [-0.25, -0.2) is 13.7 Å². The van der Waals surface area contributed by atoms with E-state index in [4.69, 9.17) is 0 Å². The second-order valence-corrected chi connectivity index (χ2v) is 5.58. The van der Waals surface area contributed by atoms with Crippen LogP contribution in [0.2, 0.25) is 0 Å². The molecule has 0 heterocycles. The van der Waals surface area contributed by atoms with Crippen molar-refractivity contribution in [3.05, 3.63) is 0 Å². The zero-order valence-electron chi connectivity index (χ0n) is 8.78. The van der Waals surface area contributed by atoms with E-state index in [0.717, 1.165) is 17.3 Å². The Morgan fingerprint density at radius 3 is 2.73 bits per heavy atom. The molecule has 1 atom stereocenters. The molecule has 0 aliphatic rings. The van der Waals surface area contributed by atoms with Gasteiger partial charge in [-0.2, -0.15) is 23.5 Å². The van der Waals surface area contributed by atoms with Gasteiger partial charge < -0.3 is 5.32 Å². The fourth-order valence-corrected chi connectivity index (χ4v) is 2.53. The molecule has 0 aromatic carbocycles. The summed E-state index contributed by atoms with van der Waals surface area (Å²) in [6, 6.07) is -0.472. The van der Waals surface area contributed by atoms with Crippen molar-refractivity contribution in [1.29, 1.82) is 0 Å². The molecule has 5 nitrogen and oxygen atoms in total. The highest BCUT2D eigenvalue weighted by molar-refractivity contribution is 8.02. The molecule has 1 unspecified atom stereocenters. The van der Waals surface area contributed by atoms with Crippen molar-refractivity contribution in [2.75, 3.05) is 37.2 Å². The number of rotatable bonds is 8. The molecule has 0 saturated carbocycles. The fraction of sp³-hybridized carbons (Fsp3) is 0.857. The molecule has 2 N–H and O–H groups in total. The van der Waals surface area contributed by atoms with Crippen LogP contribution in [0, 0.1) is 0 Å². The first kappa shape index (κ1) is 15.1. The van der Waals surface area contributed by atoms with E-state index in [2.05, 4.69) is 20.5 Å². The largest absolute Gasteiger partial charge is 0.337 e.